The number of nitrogens with two attached hydrogens (primary N) is 1. The molecule has 0 bridgehead atoms. The molecular formula is C10H16N4. The third-order valence-corrected chi connectivity index (χ3v) is 2.84. The van der Waals surface area contributed by atoms with Crippen LogP contribution in [0.5, 0.6) is 0 Å². The van der Waals surface area contributed by atoms with Crippen LogP contribution in [0.2, 0.25) is 0 Å². The third-order valence-electron chi connectivity index (χ3n) is 2.84. The Balaban J connectivity index is 2.31. The first-order valence-electron chi connectivity index (χ1n) is 4.85. The number of nitrogens with one attached hydrogen (secondary N) is 1. The lowest BCUT2D eigenvalue weighted by Crippen LogP contribution is -2.11. The van der Waals surface area contributed by atoms with Crippen LogP contribution in [0.3, 0.4) is 0 Å². The van der Waals surface area contributed by atoms with Gasteiger partial charge in [0.05, 0.1) is 0 Å². The second-order valence-electron chi connectivity index (χ2n) is 4.64. The number of nitrogens with zero attached hydrogens (tertiary/aromatic N) is 2. The number of nitrogen functional groups attached to an aromatic ring is 1. The van der Waals surface area contributed by atoms with Crippen LogP contribution in [0, 0.1) is 12.3 Å². The highest BCUT2D eigenvalue weighted by Crippen LogP contribution is 2.57. The molecule has 4 heteroatoms. The molecule has 0 aromatic carbocycles. The summed E-state index contributed by atoms with van der Waals surface area (Å²) >= 11 is 0. The number of rotatable bonds is 2. The fraction of sp³-hybridized carbons (Fsp3) is 0.600. The number of hydrogen-bond donors (Lipinski definition) is 2. The van der Waals surface area contributed by atoms with Crippen molar-refractivity contribution < 1.29 is 0 Å². The van der Waals surface area contributed by atoms with Crippen molar-refractivity contribution in [3.05, 3.63) is 17.6 Å². The molecule has 14 heavy (non-hydrogen) atoms. The van der Waals surface area contributed by atoms with Crippen LogP contribution in [0.25, 0.3) is 0 Å². The molecule has 1 aromatic rings. The van der Waals surface area contributed by atoms with Crippen LogP contribution in [0.1, 0.15) is 37.7 Å². The Kier molecular flexibility index (Phi) is 1.96. The van der Waals surface area contributed by atoms with E-state index >= 15 is 0 Å². The Labute approximate surface area is 83.9 Å². The highest BCUT2D eigenvalue weighted by molar-refractivity contribution is 5.35. The van der Waals surface area contributed by atoms with Gasteiger partial charge in [-0.05, 0) is 18.8 Å². The molecule has 0 saturated heterocycles. The zero-order valence-corrected chi connectivity index (χ0v) is 8.83. The van der Waals surface area contributed by atoms with Gasteiger partial charge in [-0.1, -0.05) is 13.8 Å². The summed E-state index contributed by atoms with van der Waals surface area (Å²) in [7, 11) is 0. The van der Waals surface area contributed by atoms with E-state index in [9.17, 15) is 0 Å². The first-order valence-corrected chi connectivity index (χ1v) is 4.85. The van der Waals surface area contributed by atoms with E-state index in [4.69, 9.17) is 5.84 Å². The van der Waals surface area contributed by atoms with Crippen LogP contribution in [-0.2, 0) is 0 Å². The van der Waals surface area contributed by atoms with Crippen molar-refractivity contribution in [2.45, 2.75) is 33.1 Å². The normalized spacial score (nSPS) is 23.3. The number of aryl methyl sites for hydroxylation is 1. The molecule has 0 amide bonds. The lowest BCUT2D eigenvalue weighted by atomic mass is 10.1. The lowest BCUT2D eigenvalue weighted by Gasteiger charge is -2.06. The van der Waals surface area contributed by atoms with E-state index in [1.807, 2.05) is 13.0 Å². The Bertz CT molecular complexity index is 359. The summed E-state index contributed by atoms with van der Waals surface area (Å²) in [5.74, 6) is 7.45. The SMILES string of the molecule is Cc1cc(NN)nc(C2CC2(C)C)n1. The van der Waals surface area contributed by atoms with Crippen molar-refractivity contribution in [1.29, 1.82) is 0 Å². The summed E-state index contributed by atoms with van der Waals surface area (Å²) in [5, 5.41) is 0. The molecule has 76 valence electrons. The summed E-state index contributed by atoms with van der Waals surface area (Å²) in [6.07, 6.45) is 1.17. The van der Waals surface area contributed by atoms with Gasteiger partial charge in [-0.15, -0.1) is 0 Å². The number of hydrazine groups is 1. The second-order valence-corrected chi connectivity index (χ2v) is 4.64. The minimum atomic E-state index is 0.361. The van der Waals surface area contributed by atoms with Gasteiger partial charge in [-0.3, -0.25) is 0 Å². The van der Waals surface area contributed by atoms with Gasteiger partial charge in [-0.25, -0.2) is 15.8 Å². The Hall–Kier alpha value is -1.16. The molecule has 2 rings (SSSR count). The van der Waals surface area contributed by atoms with Crippen molar-refractivity contribution in [2.24, 2.45) is 11.3 Å². The molecule has 4 nitrogen and oxygen atoms in total. The smallest absolute Gasteiger partial charge is 0.143 e. The minimum absolute atomic E-state index is 0.361. The monoisotopic (exact) mass is 192 g/mol. The van der Waals surface area contributed by atoms with E-state index in [-0.39, 0.29) is 0 Å². The molecule has 1 aliphatic rings. The van der Waals surface area contributed by atoms with Crippen LogP contribution < -0.4 is 11.3 Å². The predicted octanol–water partition coefficient (Wildman–Crippen LogP) is 1.58. The fourth-order valence-corrected chi connectivity index (χ4v) is 1.73. The summed E-state index contributed by atoms with van der Waals surface area (Å²) < 4.78 is 0. The Morgan fingerprint density at radius 2 is 2.14 bits per heavy atom. The molecule has 1 unspecified atom stereocenters. The van der Waals surface area contributed by atoms with Crippen molar-refractivity contribution >= 4 is 5.82 Å². The van der Waals surface area contributed by atoms with Gasteiger partial charge in [0.1, 0.15) is 11.6 Å². The fourth-order valence-electron chi connectivity index (χ4n) is 1.73. The van der Waals surface area contributed by atoms with E-state index in [1.165, 1.54) is 6.42 Å². The number of anilines is 1. The Morgan fingerprint density at radius 3 is 2.64 bits per heavy atom. The molecular weight excluding hydrogens is 176 g/mol. The quantitative estimate of drug-likeness (QED) is 0.551. The van der Waals surface area contributed by atoms with Gasteiger partial charge >= 0.3 is 0 Å². The van der Waals surface area contributed by atoms with Crippen molar-refractivity contribution in [3.8, 4) is 0 Å². The number of hydrogen-bond acceptors (Lipinski definition) is 4. The van der Waals surface area contributed by atoms with Gasteiger partial charge in [0, 0.05) is 17.7 Å². The molecule has 0 spiro atoms. The summed E-state index contributed by atoms with van der Waals surface area (Å²) in [6.45, 7) is 6.43. The minimum Gasteiger partial charge on any atom is -0.308 e. The molecule has 1 saturated carbocycles. The maximum atomic E-state index is 5.34. The van der Waals surface area contributed by atoms with Crippen molar-refractivity contribution in [1.82, 2.24) is 9.97 Å². The summed E-state index contributed by atoms with van der Waals surface area (Å²) in [4.78, 5) is 8.80. The molecule has 0 radical (unpaired) electrons. The molecule has 1 aromatic heterocycles. The average Bonchev–Trinajstić information content (AvgIpc) is 2.74. The summed E-state index contributed by atoms with van der Waals surface area (Å²) in [5.41, 5.74) is 3.89. The largest absolute Gasteiger partial charge is 0.308 e. The first kappa shape index (κ1) is 9.40. The zero-order valence-electron chi connectivity index (χ0n) is 8.83. The van der Waals surface area contributed by atoms with E-state index < -0.39 is 0 Å². The van der Waals surface area contributed by atoms with Crippen LogP contribution in [0.4, 0.5) is 5.82 Å². The maximum absolute atomic E-state index is 5.34. The molecule has 1 aliphatic carbocycles. The summed E-state index contributed by atoms with van der Waals surface area (Å²) in [6, 6.07) is 1.85. The zero-order chi connectivity index (χ0) is 10.3. The van der Waals surface area contributed by atoms with Crippen LogP contribution in [-0.4, -0.2) is 9.97 Å². The predicted molar refractivity (Wildman–Crippen MR) is 55.7 cm³/mol. The van der Waals surface area contributed by atoms with Crippen molar-refractivity contribution in [3.63, 3.8) is 0 Å². The van der Waals surface area contributed by atoms with Crippen molar-refractivity contribution in [2.75, 3.05) is 5.43 Å². The van der Waals surface area contributed by atoms with E-state index in [0.717, 1.165) is 11.5 Å². The lowest BCUT2D eigenvalue weighted by molar-refractivity contribution is 0.607. The molecule has 0 aliphatic heterocycles. The van der Waals surface area contributed by atoms with Gasteiger partial charge in [0.2, 0.25) is 0 Å². The van der Waals surface area contributed by atoms with Gasteiger partial charge in [-0.2, -0.15) is 0 Å². The average molecular weight is 192 g/mol. The molecule has 1 heterocycles. The first-order chi connectivity index (χ1) is 6.53. The van der Waals surface area contributed by atoms with Gasteiger partial charge < -0.3 is 5.43 Å². The highest BCUT2D eigenvalue weighted by atomic mass is 15.3. The van der Waals surface area contributed by atoms with Gasteiger partial charge in [0.25, 0.3) is 0 Å². The Morgan fingerprint density at radius 1 is 1.50 bits per heavy atom. The molecule has 1 atom stereocenters. The molecule has 3 N–H and O–H groups in total. The van der Waals surface area contributed by atoms with E-state index in [2.05, 4.69) is 29.2 Å². The standard InChI is InChI=1S/C10H16N4/c1-6-4-8(14-11)13-9(12-6)7-5-10(7,2)3/h4,7H,5,11H2,1-3H3,(H,12,13,14). The maximum Gasteiger partial charge on any atom is 0.143 e. The highest BCUT2D eigenvalue weighted by Gasteiger charge is 2.48. The second kappa shape index (κ2) is 2.92. The van der Waals surface area contributed by atoms with E-state index in [0.29, 0.717) is 17.2 Å². The third kappa shape index (κ3) is 1.57. The van der Waals surface area contributed by atoms with Crippen LogP contribution >= 0.6 is 0 Å². The van der Waals surface area contributed by atoms with Crippen LogP contribution in [0.15, 0.2) is 6.07 Å². The van der Waals surface area contributed by atoms with Gasteiger partial charge in [0.15, 0.2) is 0 Å². The van der Waals surface area contributed by atoms with E-state index in [1.54, 1.807) is 0 Å². The topological polar surface area (TPSA) is 63.8 Å². The number of aromatic nitrogens is 2. The molecule has 1 fully saturated rings.